The zero-order valence-corrected chi connectivity index (χ0v) is 18.7. The van der Waals surface area contributed by atoms with Crippen molar-refractivity contribution in [3.05, 3.63) is 83.7 Å². The first-order chi connectivity index (χ1) is 15.6. The molecular weight excluding hydrogens is 394 g/mol. The van der Waals surface area contributed by atoms with E-state index in [0.29, 0.717) is 0 Å². The number of rotatable bonds is 5. The summed E-state index contributed by atoms with van der Waals surface area (Å²) in [7, 11) is 0. The monoisotopic (exact) mass is 425 g/mol. The lowest BCUT2D eigenvalue weighted by molar-refractivity contribution is -0.00771. The molecule has 4 heteroatoms. The van der Waals surface area contributed by atoms with Crippen molar-refractivity contribution in [1.29, 1.82) is 0 Å². The number of hydrogen-bond acceptors (Lipinski definition) is 2. The maximum atomic E-state index is 13.6. The molecule has 4 bridgehead atoms. The van der Waals surface area contributed by atoms with E-state index in [1.807, 2.05) is 47.3 Å². The Morgan fingerprint density at radius 2 is 1.50 bits per heavy atom. The highest BCUT2D eigenvalue weighted by molar-refractivity contribution is 5.96. The molecule has 4 nitrogen and oxygen atoms in total. The molecule has 1 N–H and O–H groups in total. The minimum Gasteiger partial charge on any atom is -0.345 e. The van der Waals surface area contributed by atoms with Gasteiger partial charge in [-0.3, -0.25) is 4.79 Å². The molecule has 4 fully saturated rings. The third-order valence-electron chi connectivity index (χ3n) is 8.17. The van der Waals surface area contributed by atoms with Crippen molar-refractivity contribution in [2.75, 3.05) is 0 Å². The molecule has 2 aromatic carbocycles. The fourth-order valence-corrected chi connectivity index (χ4v) is 7.14. The van der Waals surface area contributed by atoms with E-state index in [9.17, 15) is 4.79 Å². The van der Waals surface area contributed by atoms with Crippen molar-refractivity contribution in [1.82, 2.24) is 15.1 Å². The number of nitrogens with zero attached hydrogens (tertiary/aromatic N) is 2. The summed E-state index contributed by atoms with van der Waals surface area (Å²) in [4.78, 5) is 13.6. The average Bonchev–Trinajstić information content (AvgIpc) is 3.26. The maximum Gasteiger partial charge on any atom is 0.255 e. The van der Waals surface area contributed by atoms with Crippen LogP contribution in [0.1, 0.15) is 73.1 Å². The summed E-state index contributed by atoms with van der Waals surface area (Å²) in [6.45, 7) is 2.05. The minimum absolute atomic E-state index is 0.00530. The summed E-state index contributed by atoms with van der Waals surface area (Å²) in [5, 5.41) is 8.38. The predicted octanol–water partition coefficient (Wildman–Crippen LogP) is 5.83. The van der Waals surface area contributed by atoms with E-state index in [-0.39, 0.29) is 17.4 Å². The summed E-state index contributed by atoms with van der Waals surface area (Å²) in [6.07, 6.45) is 9.69. The predicted molar refractivity (Wildman–Crippen MR) is 126 cm³/mol. The number of carbonyl (C=O) groups excluding carboxylic acids is 1. The van der Waals surface area contributed by atoms with Crippen molar-refractivity contribution in [3.63, 3.8) is 0 Å². The number of aromatic nitrogens is 2. The first-order valence-electron chi connectivity index (χ1n) is 12.1. The molecule has 32 heavy (non-hydrogen) atoms. The Morgan fingerprint density at radius 1 is 0.938 bits per heavy atom. The number of carbonyl (C=O) groups is 1. The molecular formula is C28H31N3O. The van der Waals surface area contributed by atoms with Gasteiger partial charge in [0.15, 0.2) is 0 Å². The standard InChI is InChI=1S/C28H31N3O/c1-19(23-8-4-2-5-9-23)29-27(32)25-18-31(24-10-6-3-7-11-24)30-26(25)28-15-20-12-21(16-28)14-22(13-20)17-28/h2-11,18-22H,12-17H2,1H3,(H,29,32). The molecule has 3 aromatic rings. The van der Waals surface area contributed by atoms with Gasteiger partial charge in [-0.25, -0.2) is 4.68 Å². The van der Waals surface area contributed by atoms with Crippen molar-refractivity contribution < 1.29 is 4.79 Å². The lowest BCUT2D eigenvalue weighted by Gasteiger charge is -2.56. The third-order valence-corrected chi connectivity index (χ3v) is 8.17. The average molecular weight is 426 g/mol. The Labute approximate surface area is 190 Å². The zero-order valence-electron chi connectivity index (χ0n) is 18.7. The summed E-state index contributed by atoms with van der Waals surface area (Å²) < 4.78 is 1.93. The van der Waals surface area contributed by atoms with Crippen LogP contribution in [0.4, 0.5) is 0 Å². The van der Waals surface area contributed by atoms with Crippen LogP contribution in [0, 0.1) is 17.8 Å². The van der Waals surface area contributed by atoms with E-state index < -0.39 is 0 Å². The molecule has 1 heterocycles. The topological polar surface area (TPSA) is 46.9 Å². The highest BCUT2D eigenvalue weighted by Crippen LogP contribution is 2.60. The molecule has 4 aliphatic rings. The van der Waals surface area contributed by atoms with Crippen LogP contribution in [0.5, 0.6) is 0 Å². The van der Waals surface area contributed by atoms with Gasteiger partial charge in [-0.05, 0) is 80.9 Å². The molecule has 1 atom stereocenters. The molecule has 4 aliphatic carbocycles. The van der Waals surface area contributed by atoms with Crippen molar-refractivity contribution in [3.8, 4) is 5.69 Å². The van der Waals surface area contributed by atoms with Crippen LogP contribution in [-0.2, 0) is 5.41 Å². The molecule has 1 aromatic heterocycles. The Kier molecular flexibility index (Phi) is 4.71. The highest BCUT2D eigenvalue weighted by Gasteiger charge is 2.53. The molecule has 1 amide bonds. The Bertz CT molecular complexity index is 1080. The summed E-state index contributed by atoms with van der Waals surface area (Å²) in [6, 6.07) is 20.3. The van der Waals surface area contributed by atoms with Crippen LogP contribution < -0.4 is 5.32 Å². The van der Waals surface area contributed by atoms with Crippen LogP contribution in [0.25, 0.3) is 5.69 Å². The lowest BCUT2D eigenvalue weighted by atomic mass is 9.48. The largest absolute Gasteiger partial charge is 0.345 e. The summed E-state index contributed by atoms with van der Waals surface area (Å²) in [5.41, 5.74) is 4.00. The highest BCUT2D eigenvalue weighted by atomic mass is 16.1. The third kappa shape index (κ3) is 3.37. The number of amides is 1. The zero-order chi connectivity index (χ0) is 21.7. The molecule has 0 saturated heterocycles. The second-order valence-corrected chi connectivity index (χ2v) is 10.5. The van der Waals surface area contributed by atoms with Gasteiger partial charge in [-0.1, -0.05) is 48.5 Å². The number of nitrogens with one attached hydrogen (secondary N) is 1. The maximum absolute atomic E-state index is 13.6. The van der Waals surface area contributed by atoms with Crippen molar-refractivity contribution in [2.24, 2.45) is 17.8 Å². The van der Waals surface area contributed by atoms with Gasteiger partial charge in [-0.2, -0.15) is 5.10 Å². The Balaban J connectivity index is 1.39. The quantitative estimate of drug-likeness (QED) is 0.559. The van der Waals surface area contributed by atoms with E-state index in [2.05, 4.69) is 36.5 Å². The molecule has 0 spiro atoms. The Hall–Kier alpha value is -2.88. The van der Waals surface area contributed by atoms with E-state index in [1.54, 1.807) is 0 Å². The van der Waals surface area contributed by atoms with Crippen molar-refractivity contribution in [2.45, 2.75) is 56.9 Å². The van der Waals surface area contributed by atoms with E-state index >= 15 is 0 Å². The van der Waals surface area contributed by atoms with Gasteiger partial charge in [0, 0.05) is 11.6 Å². The normalized spacial score (nSPS) is 29.1. The smallest absolute Gasteiger partial charge is 0.255 e. The molecule has 4 saturated carbocycles. The molecule has 164 valence electrons. The fourth-order valence-electron chi connectivity index (χ4n) is 7.14. The van der Waals surface area contributed by atoms with Crippen LogP contribution in [0.2, 0.25) is 0 Å². The van der Waals surface area contributed by atoms with Crippen LogP contribution in [0.15, 0.2) is 66.9 Å². The lowest BCUT2D eigenvalue weighted by Crippen LogP contribution is -2.49. The van der Waals surface area contributed by atoms with Gasteiger partial charge >= 0.3 is 0 Å². The number of hydrogen-bond donors (Lipinski definition) is 1. The number of benzene rings is 2. The van der Waals surface area contributed by atoms with Gasteiger partial charge in [-0.15, -0.1) is 0 Å². The molecule has 0 aliphatic heterocycles. The van der Waals surface area contributed by atoms with Gasteiger partial charge in [0.25, 0.3) is 5.91 Å². The Morgan fingerprint density at radius 3 is 2.09 bits per heavy atom. The SMILES string of the molecule is CC(NC(=O)c1cn(-c2ccccc2)nc1C12CC3CC(CC(C3)C1)C2)c1ccccc1. The first-order valence-corrected chi connectivity index (χ1v) is 12.1. The first kappa shape index (κ1) is 19.8. The minimum atomic E-state index is -0.0482. The molecule has 0 radical (unpaired) electrons. The summed E-state index contributed by atoms with van der Waals surface area (Å²) in [5.74, 6) is 2.42. The van der Waals surface area contributed by atoms with Gasteiger partial charge in [0.05, 0.1) is 23.0 Å². The molecule has 7 rings (SSSR count). The second kappa shape index (κ2) is 7.61. The van der Waals surface area contributed by atoms with Crippen LogP contribution >= 0.6 is 0 Å². The summed E-state index contributed by atoms with van der Waals surface area (Å²) >= 11 is 0. The van der Waals surface area contributed by atoms with Gasteiger partial charge in [0.1, 0.15) is 0 Å². The number of para-hydroxylation sites is 1. The van der Waals surface area contributed by atoms with E-state index in [4.69, 9.17) is 5.10 Å². The van der Waals surface area contributed by atoms with E-state index in [0.717, 1.165) is 40.3 Å². The van der Waals surface area contributed by atoms with Crippen LogP contribution in [0.3, 0.4) is 0 Å². The fraction of sp³-hybridized carbons (Fsp3) is 0.429. The van der Waals surface area contributed by atoms with Crippen molar-refractivity contribution >= 4 is 5.91 Å². The van der Waals surface area contributed by atoms with Gasteiger partial charge < -0.3 is 5.32 Å². The molecule has 1 unspecified atom stereocenters. The van der Waals surface area contributed by atoms with E-state index in [1.165, 1.54) is 38.5 Å². The second-order valence-electron chi connectivity index (χ2n) is 10.5. The van der Waals surface area contributed by atoms with Gasteiger partial charge in [0.2, 0.25) is 0 Å². The van der Waals surface area contributed by atoms with Crippen LogP contribution in [-0.4, -0.2) is 15.7 Å².